The minimum atomic E-state index is -1.03. The number of carbonyl (C=O) groups is 2. The molecule has 0 bridgehead atoms. The van der Waals surface area contributed by atoms with Gasteiger partial charge in [-0.3, -0.25) is 9.59 Å². The van der Waals surface area contributed by atoms with Gasteiger partial charge in [0.05, 0.1) is 5.54 Å². The Labute approximate surface area is 89.7 Å². The lowest BCUT2D eigenvalue weighted by Crippen LogP contribution is -2.52. The summed E-state index contributed by atoms with van der Waals surface area (Å²) in [6, 6.07) is 0. The van der Waals surface area contributed by atoms with Gasteiger partial charge in [0.2, 0.25) is 5.91 Å². The van der Waals surface area contributed by atoms with E-state index in [1.165, 1.54) is 4.90 Å². The molecule has 0 aliphatic carbocycles. The van der Waals surface area contributed by atoms with Crippen LogP contribution in [0.3, 0.4) is 0 Å². The van der Waals surface area contributed by atoms with Gasteiger partial charge in [0, 0.05) is 6.54 Å². The van der Waals surface area contributed by atoms with Crippen LogP contribution in [0.15, 0.2) is 0 Å². The first kappa shape index (κ1) is 15.7. The van der Waals surface area contributed by atoms with Gasteiger partial charge < -0.3 is 15.7 Å². The second kappa shape index (κ2) is 5.82. The number of nitrogens with two attached hydrogens (primary N) is 1. The smallest absolute Gasteiger partial charge is 0.323 e. The van der Waals surface area contributed by atoms with Gasteiger partial charge in [-0.1, -0.05) is 0 Å². The lowest BCUT2D eigenvalue weighted by Gasteiger charge is -2.26. The number of amides is 1. The summed E-state index contributed by atoms with van der Waals surface area (Å²) in [6.07, 6.45) is 0. The average molecular weight is 225 g/mol. The zero-order valence-corrected chi connectivity index (χ0v) is 9.43. The van der Waals surface area contributed by atoms with Gasteiger partial charge in [-0.2, -0.15) is 0 Å². The number of hydrogen-bond acceptors (Lipinski definition) is 3. The predicted molar refractivity (Wildman–Crippen MR) is 55.4 cm³/mol. The fourth-order valence-corrected chi connectivity index (χ4v) is 0.898. The molecule has 0 aromatic rings. The van der Waals surface area contributed by atoms with Crippen LogP contribution in [-0.2, 0) is 9.59 Å². The number of carbonyl (C=O) groups excluding carboxylic acids is 1. The molecule has 1 amide bonds. The third-order valence-electron chi connectivity index (χ3n) is 1.55. The van der Waals surface area contributed by atoms with Crippen molar-refractivity contribution in [1.29, 1.82) is 0 Å². The van der Waals surface area contributed by atoms with Gasteiger partial charge in [0.25, 0.3) is 0 Å². The topological polar surface area (TPSA) is 83.6 Å². The molecule has 0 heterocycles. The van der Waals surface area contributed by atoms with Gasteiger partial charge in [-0.25, -0.2) is 0 Å². The molecule has 3 N–H and O–H groups in total. The normalized spacial score (nSPS) is 10.3. The Bertz CT molecular complexity index is 213. The van der Waals surface area contributed by atoms with E-state index in [1.54, 1.807) is 20.8 Å². The van der Waals surface area contributed by atoms with E-state index in [-0.39, 0.29) is 24.9 Å². The number of carboxylic acids is 1. The zero-order chi connectivity index (χ0) is 10.6. The minimum absolute atomic E-state index is 0. The molecule has 0 spiro atoms. The third kappa shape index (κ3) is 5.04. The Hall–Kier alpha value is -0.810. The molecular formula is C8H17ClN2O3. The average Bonchev–Trinajstić information content (AvgIpc) is 1.96. The lowest BCUT2D eigenvalue weighted by atomic mass is 10.1. The van der Waals surface area contributed by atoms with Crippen molar-refractivity contribution in [3.8, 4) is 0 Å². The maximum Gasteiger partial charge on any atom is 0.323 e. The van der Waals surface area contributed by atoms with E-state index in [9.17, 15) is 9.59 Å². The van der Waals surface area contributed by atoms with E-state index in [1.807, 2.05) is 0 Å². The van der Waals surface area contributed by atoms with Crippen LogP contribution in [0, 0.1) is 0 Å². The molecule has 14 heavy (non-hydrogen) atoms. The van der Waals surface area contributed by atoms with E-state index in [2.05, 4.69) is 0 Å². The quantitative estimate of drug-likeness (QED) is 0.709. The first-order valence-electron chi connectivity index (χ1n) is 4.09. The first-order chi connectivity index (χ1) is 5.79. The molecule has 0 radical (unpaired) electrons. The molecule has 0 aromatic heterocycles. The molecule has 0 fully saturated rings. The van der Waals surface area contributed by atoms with Crippen LogP contribution < -0.4 is 5.73 Å². The van der Waals surface area contributed by atoms with Crippen molar-refractivity contribution in [2.45, 2.75) is 26.3 Å². The Kier molecular flexibility index (Phi) is 6.51. The summed E-state index contributed by atoms with van der Waals surface area (Å²) in [4.78, 5) is 23.0. The van der Waals surface area contributed by atoms with E-state index in [0.717, 1.165) is 0 Å². The number of hydrogen-bond donors (Lipinski definition) is 2. The SMILES string of the molecule is CCN(CC(=O)O)C(=O)C(C)(C)N.Cl. The van der Waals surface area contributed by atoms with E-state index < -0.39 is 11.5 Å². The molecule has 0 aliphatic heterocycles. The van der Waals surface area contributed by atoms with E-state index in [4.69, 9.17) is 10.8 Å². The lowest BCUT2D eigenvalue weighted by molar-refractivity contribution is -0.146. The summed E-state index contributed by atoms with van der Waals surface area (Å²) in [7, 11) is 0. The summed E-state index contributed by atoms with van der Waals surface area (Å²) in [5.74, 6) is -1.38. The Balaban J connectivity index is 0. The van der Waals surface area contributed by atoms with Gasteiger partial charge in [0.1, 0.15) is 6.54 Å². The van der Waals surface area contributed by atoms with Gasteiger partial charge in [0.15, 0.2) is 0 Å². The van der Waals surface area contributed by atoms with E-state index >= 15 is 0 Å². The molecule has 0 rings (SSSR count). The van der Waals surface area contributed by atoms with Crippen LogP contribution in [0.1, 0.15) is 20.8 Å². The maximum atomic E-state index is 11.5. The number of halogens is 1. The number of nitrogens with zero attached hydrogens (tertiary/aromatic N) is 1. The maximum absolute atomic E-state index is 11.5. The highest BCUT2D eigenvalue weighted by molar-refractivity contribution is 5.87. The Morgan fingerprint density at radius 3 is 2.07 bits per heavy atom. The first-order valence-corrected chi connectivity index (χ1v) is 4.09. The van der Waals surface area contributed by atoms with Crippen molar-refractivity contribution in [1.82, 2.24) is 4.90 Å². The highest BCUT2D eigenvalue weighted by Gasteiger charge is 2.27. The number of likely N-dealkylation sites (N-methyl/N-ethyl adjacent to an activating group) is 1. The number of rotatable bonds is 4. The molecule has 0 saturated heterocycles. The molecule has 0 unspecified atom stereocenters. The second-order valence-electron chi connectivity index (χ2n) is 3.43. The molecule has 5 nitrogen and oxygen atoms in total. The van der Waals surface area contributed by atoms with Crippen LogP contribution in [0.4, 0.5) is 0 Å². The van der Waals surface area contributed by atoms with Crippen molar-refractivity contribution in [2.75, 3.05) is 13.1 Å². The van der Waals surface area contributed by atoms with Crippen LogP contribution in [0.5, 0.6) is 0 Å². The minimum Gasteiger partial charge on any atom is -0.480 e. The van der Waals surface area contributed by atoms with Gasteiger partial charge >= 0.3 is 5.97 Å². The Morgan fingerprint density at radius 2 is 1.86 bits per heavy atom. The summed E-state index contributed by atoms with van der Waals surface area (Å²) in [6.45, 7) is 4.88. The Morgan fingerprint density at radius 1 is 1.43 bits per heavy atom. The van der Waals surface area contributed by atoms with Crippen LogP contribution in [-0.4, -0.2) is 40.5 Å². The van der Waals surface area contributed by atoms with Crippen LogP contribution in [0.25, 0.3) is 0 Å². The van der Waals surface area contributed by atoms with Crippen molar-refractivity contribution < 1.29 is 14.7 Å². The fourth-order valence-electron chi connectivity index (χ4n) is 0.898. The van der Waals surface area contributed by atoms with Gasteiger partial charge in [-0.05, 0) is 20.8 Å². The highest BCUT2D eigenvalue weighted by Crippen LogP contribution is 2.03. The molecule has 84 valence electrons. The standard InChI is InChI=1S/C8H16N2O3.ClH/c1-4-10(5-6(11)12)7(13)8(2,3)9;/h4-5,9H2,1-3H3,(H,11,12);1H. The summed E-state index contributed by atoms with van der Waals surface area (Å²) >= 11 is 0. The highest BCUT2D eigenvalue weighted by atomic mass is 35.5. The monoisotopic (exact) mass is 224 g/mol. The van der Waals surface area contributed by atoms with Gasteiger partial charge in [-0.15, -0.1) is 12.4 Å². The fraction of sp³-hybridized carbons (Fsp3) is 0.750. The largest absolute Gasteiger partial charge is 0.480 e. The van der Waals surface area contributed by atoms with Crippen molar-refractivity contribution in [2.24, 2.45) is 5.73 Å². The predicted octanol–water partition coefficient (Wildman–Crippen LogP) is 0.0786. The summed E-state index contributed by atoms with van der Waals surface area (Å²) in [5.41, 5.74) is 4.54. The molecule has 0 saturated carbocycles. The third-order valence-corrected chi connectivity index (χ3v) is 1.55. The van der Waals surface area contributed by atoms with Crippen LogP contribution in [0.2, 0.25) is 0 Å². The molecule has 6 heteroatoms. The summed E-state index contributed by atoms with van der Waals surface area (Å²) < 4.78 is 0. The van der Waals surface area contributed by atoms with Crippen molar-refractivity contribution >= 4 is 24.3 Å². The van der Waals surface area contributed by atoms with Crippen LogP contribution >= 0.6 is 12.4 Å². The number of aliphatic carboxylic acids is 1. The summed E-state index contributed by atoms with van der Waals surface area (Å²) in [5, 5.41) is 8.49. The molecular weight excluding hydrogens is 208 g/mol. The molecule has 0 atom stereocenters. The van der Waals surface area contributed by atoms with E-state index in [0.29, 0.717) is 6.54 Å². The number of carboxylic acid groups (broad SMARTS) is 1. The molecule has 0 aliphatic rings. The zero-order valence-electron chi connectivity index (χ0n) is 8.61. The second-order valence-corrected chi connectivity index (χ2v) is 3.43. The molecule has 0 aromatic carbocycles. The van der Waals surface area contributed by atoms with Crippen molar-refractivity contribution in [3.63, 3.8) is 0 Å². The van der Waals surface area contributed by atoms with Crippen molar-refractivity contribution in [3.05, 3.63) is 0 Å².